The summed E-state index contributed by atoms with van der Waals surface area (Å²) in [6.45, 7) is 7.26. The first kappa shape index (κ1) is 30.1. The van der Waals surface area contributed by atoms with Crippen LogP contribution in [-0.4, -0.2) is 35.6 Å². The number of benzene rings is 4. The maximum Gasteiger partial charge on any atom is 0.271 e. The van der Waals surface area contributed by atoms with E-state index in [0.29, 0.717) is 51.8 Å². The van der Waals surface area contributed by atoms with E-state index in [1.807, 2.05) is 93.6 Å². The molecule has 0 spiro atoms. The van der Waals surface area contributed by atoms with Crippen molar-refractivity contribution in [1.82, 2.24) is 9.47 Å². The summed E-state index contributed by atoms with van der Waals surface area (Å²) < 4.78 is 14.1. The van der Waals surface area contributed by atoms with Crippen LogP contribution >= 0.6 is 11.3 Å². The number of methoxy groups -OCH3 is 1. The lowest BCUT2D eigenvalue weighted by molar-refractivity contribution is -0.127. The predicted octanol–water partition coefficient (Wildman–Crippen LogP) is 5.84. The van der Waals surface area contributed by atoms with Gasteiger partial charge >= 0.3 is 0 Å². The Labute approximate surface area is 266 Å². The molecule has 45 heavy (non-hydrogen) atoms. The Morgan fingerprint density at radius 2 is 1.71 bits per heavy atom. The van der Waals surface area contributed by atoms with Crippen molar-refractivity contribution in [2.75, 3.05) is 20.2 Å². The maximum atomic E-state index is 14.2. The third kappa shape index (κ3) is 5.81. The van der Waals surface area contributed by atoms with E-state index >= 15 is 0 Å². The lowest BCUT2D eigenvalue weighted by Gasteiger charge is -2.29. The summed E-state index contributed by atoms with van der Waals surface area (Å²) in [5.41, 5.74) is 3.54. The van der Waals surface area contributed by atoms with Crippen molar-refractivity contribution in [3.05, 3.63) is 139 Å². The predicted molar refractivity (Wildman–Crippen MR) is 179 cm³/mol. The van der Waals surface area contributed by atoms with Crippen molar-refractivity contribution >= 4 is 34.1 Å². The standard InChI is InChI=1S/C37H35N3O4S/c1-5-39(6-2)36(42)33-24(3)38-37-40(34(33)30-19-9-10-20-31(30)43-4)35(41)32(45-37)22-25-13-11-17-28(21-25)44-23-27-16-12-15-26-14-7-8-18-29(26)27/h7-22,34H,5-6,23H2,1-4H3/b32-22+/t34-/m1/s1. The van der Waals surface area contributed by atoms with Gasteiger partial charge in [-0.05, 0) is 66.9 Å². The number of thiazole rings is 1. The molecular weight excluding hydrogens is 582 g/mol. The zero-order valence-corrected chi connectivity index (χ0v) is 26.6. The number of nitrogens with zero attached hydrogens (tertiary/aromatic N) is 3. The molecule has 8 heteroatoms. The number of para-hydroxylation sites is 1. The number of fused-ring (bicyclic) bond motifs is 2. The van der Waals surface area contributed by atoms with Gasteiger partial charge in [-0.15, -0.1) is 0 Å². The lowest BCUT2D eigenvalue weighted by Crippen LogP contribution is -2.43. The molecule has 7 nitrogen and oxygen atoms in total. The molecule has 0 fully saturated rings. The van der Waals surface area contributed by atoms with Gasteiger partial charge in [-0.1, -0.05) is 84.1 Å². The Hall–Kier alpha value is -4.95. The largest absolute Gasteiger partial charge is 0.496 e. The van der Waals surface area contributed by atoms with E-state index in [9.17, 15) is 9.59 Å². The number of aromatic nitrogens is 1. The first-order chi connectivity index (χ1) is 21.9. The fraction of sp³-hybridized carbons (Fsp3) is 0.216. The van der Waals surface area contributed by atoms with E-state index in [-0.39, 0.29) is 11.5 Å². The molecule has 4 aromatic carbocycles. The van der Waals surface area contributed by atoms with Crippen LogP contribution in [0.2, 0.25) is 0 Å². The summed E-state index contributed by atoms with van der Waals surface area (Å²) in [7, 11) is 1.60. The lowest BCUT2D eigenvalue weighted by atomic mass is 9.94. The topological polar surface area (TPSA) is 73.1 Å². The molecule has 5 aromatic rings. The number of allylic oxidation sites excluding steroid dienone is 1. The maximum absolute atomic E-state index is 14.2. The zero-order chi connectivity index (χ0) is 31.5. The average Bonchev–Trinajstić information content (AvgIpc) is 3.37. The Morgan fingerprint density at radius 1 is 0.978 bits per heavy atom. The van der Waals surface area contributed by atoms with Crippen LogP contribution in [0.1, 0.15) is 43.5 Å². The molecule has 1 atom stereocenters. The molecule has 0 saturated heterocycles. The van der Waals surface area contributed by atoms with Crippen molar-refractivity contribution in [3.63, 3.8) is 0 Å². The Kier molecular flexibility index (Phi) is 8.67. The Bertz CT molecular complexity index is 2100. The van der Waals surface area contributed by atoms with Crippen LogP contribution in [0, 0.1) is 0 Å². The highest BCUT2D eigenvalue weighted by Crippen LogP contribution is 2.36. The van der Waals surface area contributed by atoms with Gasteiger partial charge in [0.05, 0.1) is 22.9 Å². The van der Waals surface area contributed by atoms with Gasteiger partial charge < -0.3 is 14.4 Å². The third-order valence-corrected chi connectivity index (χ3v) is 9.15. The molecule has 0 radical (unpaired) electrons. The van der Waals surface area contributed by atoms with Gasteiger partial charge in [0.1, 0.15) is 24.1 Å². The molecule has 228 valence electrons. The monoisotopic (exact) mass is 617 g/mol. The van der Waals surface area contributed by atoms with Crippen LogP contribution in [0.15, 0.2) is 112 Å². The average molecular weight is 618 g/mol. The number of carbonyl (C=O) groups is 1. The molecule has 1 aromatic heterocycles. The van der Waals surface area contributed by atoms with Crippen molar-refractivity contribution in [3.8, 4) is 11.5 Å². The first-order valence-corrected chi connectivity index (χ1v) is 15.9. The molecular formula is C37H35N3O4S. The number of ether oxygens (including phenoxy) is 2. The molecule has 0 bridgehead atoms. The van der Waals surface area contributed by atoms with Crippen LogP contribution in [0.5, 0.6) is 11.5 Å². The second-order valence-corrected chi connectivity index (χ2v) is 11.8. The van der Waals surface area contributed by atoms with Gasteiger partial charge in [-0.25, -0.2) is 4.99 Å². The zero-order valence-electron chi connectivity index (χ0n) is 25.8. The van der Waals surface area contributed by atoms with Gasteiger partial charge in [0.25, 0.3) is 11.5 Å². The Balaban J connectivity index is 1.40. The first-order valence-electron chi connectivity index (χ1n) is 15.1. The Morgan fingerprint density at radius 3 is 2.51 bits per heavy atom. The highest BCUT2D eigenvalue weighted by molar-refractivity contribution is 7.07. The van der Waals surface area contributed by atoms with E-state index in [1.165, 1.54) is 16.7 Å². The van der Waals surface area contributed by atoms with Crippen molar-refractivity contribution in [2.24, 2.45) is 4.99 Å². The quantitative estimate of drug-likeness (QED) is 0.208. The number of hydrogen-bond donors (Lipinski definition) is 0. The molecule has 1 aliphatic heterocycles. The van der Waals surface area contributed by atoms with Crippen LogP contribution in [-0.2, 0) is 11.4 Å². The molecule has 0 saturated carbocycles. The molecule has 1 amide bonds. The van der Waals surface area contributed by atoms with E-state index in [4.69, 9.17) is 14.5 Å². The normalized spacial score (nSPS) is 14.7. The minimum atomic E-state index is -0.678. The van der Waals surface area contributed by atoms with Crippen molar-refractivity contribution < 1.29 is 14.3 Å². The number of likely N-dealkylation sites (N-methyl/N-ethyl adjacent to an activating group) is 1. The van der Waals surface area contributed by atoms with E-state index < -0.39 is 6.04 Å². The minimum Gasteiger partial charge on any atom is -0.496 e. The van der Waals surface area contributed by atoms with Crippen LogP contribution in [0.3, 0.4) is 0 Å². The second-order valence-electron chi connectivity index (χ2n) is 10.8. The molecule has 0 N–H and O–H groups in total. The SMILES string of the molecule is CCN(CC)C(=O)C1=C(C)N=c2s/c(=C/c3cccc(OCc4cccc5ccccc45)c3)c(=O)n2[C@@H]1c1ccccc1OC. The molecule has 6 rings (SSSR count). The molecule has 0 unspecified atom stereocenters. The van der Waals surface area contributed by atoms with Gasteiger partial charge in [-0.2, -0.15) is 0 Å². The van der Waals surface area contributed by atoms with Gasteiger partial charge in [0.2, 0.25) is 0 Å². The van der Waals surface area contributed by atoms with Crippen molar-refractivity contribution in [1.29, 1.82) is 0 Å². The third-order valence-electron chi connectivity index (χ3n) is 8.17. The molecule has 0 aliphatic carbocycles. The highest BCUT2D eigenvalue weighted by atomic mass is 32.1. The molecule has 2 heterocycles. The number of hydrogen-bond acceptors (Lipinski definition) is 6. The summed E-state index contributed by atoms with van der Waals surface area (Å²) in [4.78, 5) is 35.1. The smallest absolute Gasteiger partial charge is 0.271 e. The van der Waals surface area contributed by atoms with Crippen LogP contribution < -0.4 is 24.4 Å². The highest BCUT2D eigenvalue weighted by Gasteiger charge is 2.35. The van der Waals surface area contributed by atoms with E-state index in [0.717, 1.165) is 22.1 Å². The van der Waals surface area contributed by atoms with Crippen molar-refractivity contribution in [2.45, 2.75) is 33.4 Å². The summed E-state index contributed by atoms with van der Waals surface area (Å²) >= 11 is 1.31. The van der Waals surface area contributed by atoms with E-state index in [2.05, 4.69) is 24.3 Å². The van der Waals surface area contributed by atoms with Gasteiger partial charge in [0.15, 0.2) is 4.80 Å². The van der Waals surface area contributed by atoms with Gasteiger partial charge in [0, 0.05) is 18.7 Å². The fourth-order valence-corrected chi connectivity index (χ4v) is 6.93. The fourth-order valence-electron chi connectivity index (χ4n) is 5.89. The van der Waals surface area contributed by atoms with Crippen LogP contribution in [0.4, 0.5) is 0 Å². The molecule has 1 aliphatic rings. The minimum absolute atomic E-state index is 0.137. The second kappa shape index (κ2) is 13.0. The summed E-state index contributed by atoms with van der Waals surface area (Å²) in [6.07, 6.45) is 1.86. The van der Waals surface area contributed by atoms with Gasteiger partial charge in [-0.3, -0.25) is 14.2 Å². The number of rotatable bonds is 9. The summed E-state index contributed by atoms with van der Waals surface area (Å²) in [6, 6.07) is 29.0. The van der Waals surface area contributed by atoms with E-state index in [1.54, 1.807) is 16.6 Å². The summed E-state index contributed by atoms with van der Waals surface area (Å²) in [5.74, 6) is 1.18. The number of carbonyl (C=O) groups excluding carboxylic acids is 1. The number of amides is 1. The van der Waals surface area contributed by atoms with Crippen LogP contribution in [0.25, 0.3) is 16.8 Å². The summed E-state index contributed by atoms with van der Waals surface area (Å²) in [5, 5.41) is 2.34.